The predicted octanol–water partition coefficient (Wildman–Crippen LogP) is 1.05. The fraction of sp³-hybridized carbons (Fsp3) is 0.417. The zero-order chi connectivity index (χ0) is 13.5. The number of ether oxygens (including phenoxy) is 1. The van der Waals surface area contributed by atoms with Crippen LogP contribution in [0.15, 0.2) is 18.2 Å². The number of methoxy groups -OCH3 is 1. The van der Waals surface area contributed by atoms with E-state index in [0.29, 0.717) is 0 Å². The quantitative estimate of drug-likeness (QED) is 0.830. The second-order valence-electron chi connectivity index (χ2n) is 3.61. The Morgan fingerprint density at radius 3 is 2.44 bits per heavy atom. The van der Waals surface area contributed by atoms with E-state index in [4.69, 9.17) is 9.84 Å². The number of hydrogen-bond donors (Lipinski definition) is 1. The van der Waals surface area contributed by atoms with Crippen molar-refractivity contribution in [1.82, 2.24) is 4.90 Å². The molecule has 0 bridgehead atoms. The number of amides is 1. The maximum absolute atomic E-state index is 13.4. The van der Waals surface area contributed by atoms with Gasteiger partial charge in [0, 0.05) is 20.2 Å². The molecule has 0 aliphatic carbocycles. The van der Waals surface area contributed by atoms with Crippen molar-refractivity contribution >= 4 is 5.91 Å². The van der Waals surface area contributed by atoms with Gasteiger partial charge in [0.2, 0.25) is 0 Å². The summed E-state index contributed by atoms with van der Waals surface area (Å²) in [7, 11) is 1.45. The van der Waals surface area contributed by atoms with Crippen molar-refractivity contribution < 1.29 is 23.4 Å². The van der Waals surface area contributed by atoms with E-state index < -0.39 is 23.1 Å². The highest BCUT2D eigenvalue weighted by Gasteiger charge is 2.22. The first-order valence-electron chi connectivity index (χ1n) is 5.45. The van der Waals surface area contributed by atoms with Crippen LogP contribution in [0.25, 0.3) is 0 Å². The fourth-order valence-corrected chi connectivity index (χ4v) is 1.50. The molecule has 1 rings (SSSR count). The van der Waals surface area contributed by atoms with Gasteiger partial charge in [-0.25, -0.2) is 8.78 Å². The summed E-state index contributed by atoms with van der Waals surface area (Å²) in [4.78, 5) is 13.1. The molecule has 1 aromatic carbocycles. The Labute approximate surface area is 104 Å². The van der Waals surface area contributed by atoms with E-state index in [2.05, 4.69) is 0 Å². The van der Waals surface area contributed by atoms with Gasteiger partial charge in [-0.3, -0.25) is 4.79 Å². The molecule has 0 heterocycles. The van der Waals surface area contributed by atoms with Gasteiger partial charge in [-0.1, -0.05) is 6.07 Å². The SMILES string of the molecule is COCCN(CCO)C(=O)c1c(F)cccc1F. The Balaban J connectivity index is 2.94. The summed E-state index contributed by atoms with van der Waals surface area (Å²) in [6.07, 6.45) is 0. The van der Waals surface area contributed by atoms with E-state index in [9.17, 15) is 13.6 Å². The molecular formula is C12H15F2NO3. The third-order valence-electron chi connectivity index (χ3n) is 2.40. The number of hydrogen-bond acceptors (Lipinski definition) is 3. The van der Waals surface area contributed by atoms with Crippen molar-refractivity contribution in [3.8, 4) is 0 Å². The van der Waals surface area contributed by atoms with Crippen molar-refractivity contribution in [1.29, 1.82) is 0 Å². The number of benzene rings is 1. The molecule has 0 spiro atoms. The van der Waals surface area contributed by atoms with Gasteiger partial charge in [0.15, 0.2) is 0 Å². The first kappa shape index (κ1) is 14.5. The number of aliphatic hydroxyl groups excluding tert-OH is 1. The van der Waals surface area contributed by atoms with Gasteiger partial charge in [-0.05, 0) is 12.1 Å². The van der Waals surface area contributed by atoms with Gasteiger partial charge in [-0.2, -0.15) is 0 Å². The molecule has 100 valence electrons. The zero-order valence-corrected chi connectivity index (χ0v) is 10.0. The normalized spacial score (nSPS) is 10.4. The summed E-state index contributed by atoms with van der Waals surface area (Å²) in [5.74, 6) is -2.63. The van der Waals surface area contributed by atoms with Crippen molar-refractivity contribution in [2.75, 3.05) is 33.4 Å². The molecule has 0 atom stereocenters. The van der Waals surface area contributed by atoms with Gasteiger partial charge in [0.05, 0.1) is 13.2 Å². The minimum Gasteiger partial charge on any atom is -0.395 e. The molecule has 0 aromatic heterocycles. The lowest BCUT2D eigenvalue weighted by molar-refractivity contribution is 0.0647. The average molecular weight is 259 g/mol. The molecule has 0 radical (unpaired) electrons. The Bertz CT molecular complexity index is 392. The first-order valence-corrected chi connectivity index (χ1v) is 5.45. The van der Waals surface area contributed by atoms with E-state index in [0.717, 1.165) is 17.0 Å². The maximum Gasteiger partial charge on any atom is 0.259 e. The Kier molecular flexibility index (Phi) is 5.67. The van der Waals surface area contributed by atoms with Crippen LogP contribution in [0.5, 0.6) is 0 Å². The lowest BCUT2D eigenvalue weighted by Crippen LogP contribution is -2.37. The lowest BCUT2D eigenvalue weighted by Gasteiger charge is -2.21. The second kappa shape index (κ2) is 7.03. The van der Waals surface area contributed by atoms with Crippen LogP contribution in [-0.4, -0.2) is 49.3 Å². The topological polar surface area (TPSA) is 49.8 Å². The summed E-state index contributed by atoms with van der Waals surface area (Å²) in [6.45, 7) is 0.0903. The van der Waals surface area contributed by atoms with Crippen LogP contribution in [-0.2, 0) is 4.74 Å². The van der Waals surface area contributed by atoms with Crippen molar-refractivity contribution in [2.24, 2.45) is 0 Å². The van der Waals surface area contributed by atoms with Crippen molar-refractivity contribution in [3.05, 3.63) is 35.4 Å². The van der Waals surface area contributed by atoms with E-state index in [1.54, 1.807) is 0 Å². The number of rotatable bonds is 6. The molecular weight excluding hydrogens is 244 g/mol. The second-order valence-corrected chi connectivity index (χ2v) is 3.61. The number of nitrogens with zero attached hydrogens (tertiary/aromatic N) is 1. The molecule has 0 fully saturated rings. The van der Waals surface area contributed by atoms with Gasteiger partial charge in [0.1, 0.15) is 17.2 Å². The van der Waals surface area contributed by atoms with Crippen molar-refractivity contribution in [2.45, 2.75) is 0 Å². The number of carbonyl (C=O) groups is 1. The lowest BCUT2D eigenvalue weighted by atomic mass is 10.1. The van der Waals surface area contributed by atoms with Crippen LogP contribution in [0.2, 0.25) is 0 Å². The van der Waals surface area contributed by atoms with Gasteiger partial charge >= 0.3 is 0 Å². The molecule has 6 heteroatoms. The molecule has 0 aliphatic heterocycles. The molecule has 1 N–H and O–H groups in total. The van der Waals surface area contributed by atoms with Crippen LogP contribution in [0, 0.1) is 11.6 Å². The summed E-state index contributed by atoms with van der Waals surface area (Å²) in [6, 6.07) is 3.22. The smallest absolute Gasteiger partial charge is 0.259 e. The summed E-state index contributed by atoms with van der Waals surface area (Å²) < 4.78 is 31.7. The van der Waals surface area contributed by atoms with E-state index in [-0.39, 0.29) is 26.3 Å². The molecule has 1 aromatic rings. The zero-order valence-electron chi connectivity index (χ0n) is 10.0. The fourth-order valence-electron chi connectivity index (χ4n) is 1.50. The summed E-state index contributed by atoms with van der Waals surface area (Å²) in [5, 5.41) is 8.85. The first-order chi connectivity index (χ1) is 8.61. The Morgan fingerprint density at radius 2 is 1.94 bits per heavy atom. The van der Waals surface area contributed by atoms with E-state index in [1.165, 1.54) is 13.2 Å². The minimum atomic E-state index is -0.916. The largest absolute Gasteiger partial charge is 0.395 e. The highest BCUT2D eigenvalue weighted by atomic mass is 19.1. The Morgan fingerprint density at radius 1 is 1.33 bits per heavy atom. The number of carbonyl (C=O) groups excluding carboxylic acids is 1. The van der Waals surface area contributed by atoms with Crippen LogP contribution < -0.4 is 0 Å². The summed E-state index contributed by atoms with van der Waals surface area (Å²) in [5.41, 5.74) is -0.609. The van der Waals surface area contributed by atoms with Gasteiger partial charge in [-0.15, -0.1) is 0 Å². The molecule has 0 saturated heterocycles. The van der Waals surface area contributed by atoms with Gasteiger partial charge < -0.3 is 14.7 Å². The molecule has 18 heavy (non-hydrogen) atoms. The van der Waals surface area contributed by atoms with Crippen LogP contribution in [0.4, 0.5) is 8.78 Å². The van der Waals surface area contributed by atoms with Crippen LogP contribution >= 0.6 is 0 Å². The highest BCUT2D eigenvalue weighted by molar-refractivity contribution is 5.94. The molecule has 0 saturated carbocycles. The highest BCUT2D eigenvalue weighted by Crippen LogP contribution is 2.14. The number of aliphatic hydroxyl groups is 1. The van der Waals surface area contributed by atoms with E-state index >= 15 is 0 Å². The molecule has 0 aliphatic rings. The van der Waals surface area contributed by atoms with E-state index in [1.807, 2.05) is 0 Å². The average Bonchev–Trinajstić information content (AvgIpc) is 2.34. The van der Waals surface area contributed by atoms with Crippen LogP contribution in [0.3, 0.4) is 0 Å². The standard InChI is InChI=1S/C12H15F2NO3/c1-18-8-6-15(5-7-16)12(17)11-9(13)3-2-4-10(11)14/h2-4,16H,5-8H2,1H3. The number of halogens is 2. The third-order valence-corrected chi connectivity index (χ3v) is 2.40. The summed E-state index contributed by atoms with van der Waals surface area (Å²) >= 11 is 0. The molecule has 0 unspecified atom stereocenters. The molecule has 4 nitrogen and oxygen atoms in total. The van der Waals surface area contributed by atoms with Crippen LogP contribution in [0.1, 0.15) is 10.4 Å². The monoisotopic (exact) mass is 259 g/mol. The predicted molar refractivity (Wildman–Crippen MR) is 61.2 cm³/mol. The minimum absolute atomic E-state index is 0.00400. The third kappa shape index (κ3) is 3.48. The maximum atomic E-state index is 13.4. The van der Waals surface area contributed by atoms with Crippen molar-refractivity contribution in [3.63, 3.8) is 0 Å². The Hall–Kier alpha value is -1.53. The van der Waals surface area contributed by atoms with Gasteiger partial charge in [0.25, 0.3) is 5.91 Å². The molecule has 1 amide bonds.